The van der Waals surface area contributed by atoms with Gasteiger partial charge in [0.1, 0.15) is 17.4 Å². The van der Waals surface area contributed by atoms with Crippen LogP contribution in [0, 0.1) is 18.8 Å². The second-order valence-corrected chi connectivity index (χ2v) is 6.89. The van der Waals surface area contributed by atoms with Crippen molar-refractivity contribution in [2.45, 2.75) is 27.2 Å². The Morgan fingerprint density at radius 3 is 2.68 bits per heavy atom. The van der Waals surface area contributed by atoms with E-state index in [9.17, 15) is 0 Å². The molecule has 0 aliphatic carbocycles. The fourth-order valence-corrected chi connectivity index (χ4v) is 3.98. The molecule has 2 atom stereocenters. The summed E-state index contributed by atoms with van der Waals surface area (Å²) in [6.45, 7) is 8.95. The molecule has 0 amide bonds. The molecule has 1 saturated heterocycles. The van der Waals surface area contributed by atoms with E-state index in [1.807, 2.05) is 0 Å². The Morgan fingerprint density at radius 1 is 1.14 bits per heavy atom. The average Bonchev–Trinajstić information content (AvgIpc) is 2.85. The number of fused-ring (bicyclic) bond motifs is 3. The first-order valence-electron chi connectivity index (χ1n) is 8.10. The summed E-state index contributed by atoms with van der Waals surface area (Å²) < 4.78 is 0. The van der Waals surface area contributed by atoms with Crippen LogP contribution in [0.25, 0.3) is 21.9 Å². The van der Waals surface area contributed by atoms with Gasteiger partial charge in [-0.15, -0.1) is 0 Å². The molecule has 3 heterocycles. The van der Waals surface area contributed by atoms with Gasteiger partial charge in [0.25, 0.3) is 0 Å². The summed E-state index contributed by atoms with van der Waals surface area (Å²) in [6.07, 6.45) is 3.01. The zero-order valence-corrected chi connectivity index (χ0v) is 13.4. The normalized spacial score (nSPS) is 22.6. The molecule has 4 heteroatoms. The van der Waals surface area contributed by atoms with Crippen molar-refractivity contribution in [2.24, 2.45) is 11.8 Å². The Labute approximate surface area is 130 Å². The highest BCUT2D eigenvalue weighted by atomic mass is 15.2. The van der Waals surface area contributed by atoms with Gasteiger partial charge >= 0.3 is 0 Å². The lowest BCUT2D eigenvalue weighted by atomic mass is 9.92. The molecule has 0 saturated carbocycles. The summed E-state index contributed by atoms with van der Waals surface area (Å²) >= 11 is 0. The van der Waals surface area contributed by atoms with Crippen LogP contribution in [0.5, 0.6) is 0 Å². The minimum Gasteiger partial charge on any atom is -0.354 e. The second kappa shape index (κ2) is 4.97. The third-order valence-corrected chi connectivity index (χ3v) is 4.76. The molecule has 0 radical (unpaired) electrons. The summed E-state index contributed by atoms with van der Waals surface area (Å²) in [5, 5.41) is 1.22. The van der Waals surface area contributed by atoms with Crippen molar-refractivity contribution in [3.63, 3.8) is 0 Å². The third kappa shape index (κ3) is 2.05. The first-order chi connectivity index (χ1) is 10.6. The molecule has 1 aromatic carbocycles. The molecule has 0 bridgehead atoms. The van der Waals surface area contributed by atoms with Gasteiger partial charge in [0.2, 0.25) is 0 Å². The van der Waals surface area contributed by atoms with E-state index in [0.29, 0.717) is 11.8 Å². The van der Waals surface area contributed by atoms with E-state index in [1.54, 1.807) is 6.33 Å². The van der Waals surface area contributed by atoms with Gasteiger partial charge in [-0.25, -0.2) is 9.97 Å². The van der Waals surface area contributed by atoms with E-state index in [0.717, 1.165) is 35.5 Å². The fraction of sp³-hybridized carbons (Fsp3) is 0.444. The van der Waals surface area contributed by atoms with E-state index in [2.05, 4.69) is 58.8 Å². The summed E-state index contributed by atoms with van der Waals surface area (Å²) in [6, 6.07) is 6.35. The second-order valence-electron chi connectivity index (χ2n) is 6.89. The first-order valence-corrected chi connectivity index (χ1v) is 8.10. The van der Waals surface area contributed by atoms with Crippen LogP contribution >= 0.6 is 0 Å². The molecule has 1 N–H and O–H groups in total. The van der Waals surface area contributed by atoms with Gasteiger partial charge in [0, 0.05) is 24.0 Å². The fourth-order valence-electron chi connectivity index (χ4n) is 3.98. The average molecular weight is 294 g/mol. The van der Waals surface area contributed by atoms with Gasteiger partial charge in [-0.1, -0.05) is 26.0 Å². The zero-order chi connectivity index (χ0) is 15.3. The Morgan fingerprint density at radius 2 is 1.91 bits per heavy atom. The Kier molecular flexibility index (Phi) is 3.06. The maximum atomic E-state index is 4.61. The molecule has 114 valence electrons. The minimum absolute atomic E-state index is 0.708. The molecule has 2 unspecified atom stereocenters. The number of aromatic nitrogens is 3. The van der Waals surface area contributed by atoms with E-state index in [4.69, 9.17) is 0 Å². The van der Waals surface area contributed by atoms with Crippen LogP contribution in [0.3, 0.4) is 0 Å². The largest absolute Gasteiger partial charge is 0.354 e. The quantitative estimate of drug-likeness (QED) is 0.740. The molecule has 1 aliphatic heterocycles. The third-order valence-electron chi connectivity index (χ3n) is 4.76. The summed E-state index contributed by atoms with van der Waals surface area (Å²) in [4.78, 5) is 15.1. The SMILES string of the molecule is Cc1cccc2[nH]c3c(N4CC(C)CC(C)C4)ncnc3c12. The molecular weight excluding hydrogens is 272 g/mol. The lowest BCUT2D eigenvalue weighted by Gasteiger charge is -2.35. The highest BCUT2D eigenvalue weighted by Crippen LogP contribution is 2.33. The standard InChI is InChI=1S/C18H22N4/c1-11-7-12(2)9-22(8-11)18-17-16(19-10-20-18)15-13(3)5-4-6-14(15)21-17/h4-6,10-12,21H,7-9H2,1-3H3. The van der Waals surface area contributed by atoms with E-state index in [1.165, 1.54) is 17.4 Å². The maximum absolute atomic E-state index is 4.61. The van der Waals surface area contributed by atoms with Crippen LogP contribution < -0.4 is 4.90 Å². The van der Waals surface area contributed by atoms with Crippen molar-refractivity contribution < 1.29 is 0 Å². The number of hydrogen-bond donors (Lipinski definition) is 1. The molecule has 4 nitrogen and oxygen atoms in total. The summed E-state index contributed by atoms with van der Waals surface area (Å²) in [5.41, 5.74) is 4.53. The predicted molar refractivity (Wildman–Crippen MR) is 91.3 cm³/mol. The van der Waals surface area contributed by atoms with E-state index in [-0.39, 0.29) is 0 Å². The van der Waals surface area contributed by atoms with Crippen LogP contribution in [-0.4, -0.2) is 28.0 Å². The number of piperidine rings is 1. The lowest BCUT2D eigenvalue weighted by Crippen LogP contribution is -2.39. The zero-order valence-electron chi connectivity index (χ0n) is 13.4. The highest BCUT2D eigenvalue weighted by Gasteiger charge is 2.25. The number of anilines is 1. The van der Waals surface area contributed by atoms with Crippen LogP contribution in [0.15, 0.2) is 24.5 Å². The van der Waals surface area contributed by atoms with Crippen LogP contribution in [-0.2, 0) is 0 Å². The predicted octanol–water partition coefficient (Wildman–Crippen LogP) is 3.90. The number of benzene rings is 1. The van der Waals surface area contributed by atoms with Crippen LogP contribution in [0.1, 0.15) is 25.8 Å². The number of rotatable bonds is 1. The van der Waals surface area contributed by atoms with Crippen molar-refractivity contribution >= 4 is 27.8 Å². The first kappa shape index (κ1) is 13.6. The molecule has 2 aromatic heterocycles. The van der Waals surface area contributed by atoms with Gasteiger partial charge in [0.05, 0.1) is 0 Å². The van der Waals surface area contributed by atoms with E-state index >= 15 is 0 Å². The molecule has 1 fully saturated rings. The van der Waals surface area contributed by atoms with Crippen LogP contribution in [0.4, 0.5) is 5.82 Å². The van der Waals surface area contributed by atoms with Crippen molar-refractivity contribution in [2.75, 3.05) is 18.0 Å². The molecule has 3 aromatic rings. The van der Waals surface area contributed by atoms with Crippen molar-refractivity contribution in [1.82, 2.24) is 15.0 Å². The molecule has 22 heavy (non-hydrogen) atoms. The summed E-state index contributed by atoms with van der Waals surface area (Å²) in [5.74, 6) is 2.47. The van der Waals surface area contributed by atoms with E-state index < -0.39 is 0 Å². The van der Waals surface area contributed by atoms with Gasteiger partial charge < -0.3 is 9.88 Å². The highest BCUT2D eigenvalue weighted by molar-refractivity contribution is 6.09. The summed E-state index contributed by atoms with van der Waals surface area (Å²) in [7, 11) is 0. The number of aromatic amines is 1. The molecule has 1 aliphatic rings. The molecule has 4 rings (SSSR count). The number of H-pyrrole nitrogens is 1. The van der Waals surface area contributed by atoms with Crippen molar-refractivity contribution in [3.8, 4) is 0 Å². The number of nitrogens with one attached hydrogen (secondary N) is 1. The Bertz CT molecular complexity index is 826. The lowest BCUT2D eigenvalue weighted by molar-refractivity contribution is 0.356. The van der Waals surface area contributed by atoms with Gasteiger partial charge in [-0.3, -0.25) is 0 Å². The monoisotopic (exact) mass is 294 g/mol. The van der Waals surface area contributed by atoms with Gasteiger partial charge in [-0.05, 0) is 36.8 Å². The Hall–Kier alpha value is -2.10. The molecular formula is C18H22N4. The van der Waals surface area contributed by atoms with Gasteiger partial charge in [0.15, 0.2) is 5.82 Å². The minimum atomic E-state index is 0.708. The van der Waals surface area contributed by atoms with Crippen molar-refractivity contribution in [3.05, 3.63) is 30.1 Å². The van der Waals surface area contributed by atoms with Crippen molar-refractivity contribution in [1.29, 1.82) is 0 Å². The maximum Gasteiger partial charge on any atom is 0.156 e. The topological polar surface area (TPSA) is 44.8 Å². The van der Waals surface area contributed by atoms with Crippen LogP contribution in [0.2, 0.25) is 0 Å². The molecule has 0 spiro atoms. The smallest absolute Gasteiger partial charge is 0.156 e. The Balaban J connectivity index is 1.91. The number of nitrogens with zero attached hydrogens (tertiary/aromatic N) is 3. The number of aryl methyl sites for hydroxylation is 1. The van der Waals surface area contributed by atoms with Gasteiger partial charge in [-0.2, -0.15) is 0 Å². The number of hydrogen-bond acceptors (Lipinski definition) is 3.